The Kier molecular flexibility index (Phi) is 6.81. The molecule has 0 radical (unpaired) electrons. The first-order valence-corrected chi connectivity index (χ1v) is 10.8. The maximum absolute atomic E-state index is 12.8. The van der Waals surface area contributed by atoms with Crippen molar-refractivity contribution in [2.45, 2.75) is 52.7 Å². The van der Waals surface area contributed by atoms with E-state index in [1.165, 1.54) is 5.71 Å². The van der Waals surface area contributed by atoms with E-state index < -0.39 is 17.7 Å². The van der Waals surface area contributed by atoms with E-state index in [4.69, 9.17) is 10.5 Å². The molecule has 1 aliphatic heterocycles. The van der Waals surface area contributed by atoms with Gasteiger partial charge in [0.1, 0.15) is 23.3 Å². The van der Waals surface area contributed by atoms with Crippen LogP contribution < -0.4 is 16.4 Å². The highest BCUT2D eigenvalue weighted by Crippen LogP contribution is 2.23. The van der Waals surface area contributed by atoms with E-state index in [0.29, 0.717) is 18.1 Å². The van der Waals surface area contributed by atoms with Gasteiger partial charge in [0.2, 0.25) is 23.9 Å². The summed E-state index contributed by atoms with van der Waals surface area (Å²) in [6.07, 6.45) is 0.0649. The maximum Gasteiger partial charge on any atom is 0.408 e. The van der Waals surface area contributed by atoms with Crippen molar-refractivity contribution in [2.24, 2.45) is 5.92 Å². The molecule has 0 saturated carbocycles. The van der Waals surface area contributed by atoms with Gasteiger partial charge in [-0.15, -0.1) is 0 Å². The minimum atomic E-state index is -0.769. The summed E-state index contributed by atoms with van der Waals surface area (Å²) >= 11 is 0. The minimum absolute atomic E-state index is 0.144. The monoisotopic (exact) mass is 438 g/mol. The summed E-state index contributed by atoms with van der Waals surface area (Å²) in [4.78, 5) is 29.2. The van der Waals surface area contributed by atoms with Gasteiger partial charge in [0, 0.05) is 17.7 Å². The zero-order valence-electron chi connectivity index (χ0n) is 19.3. The number of anilines is 2. The average Bonchev–Trinajstić information content (AvgIpc) is 3.46. The lowest BCUT2D eigenvalue weighted by molar-refractivity contribution is -0.342. The van der Waals surface area contributed by atoms with Crippen LogP contribution >= 0.6 is 0 Å². The third kappa shape index (κ3) is 6.29. The number of aromatic nitrogens is 1. The van der Waals surface area contributed by atoms with Crippen LogP contribution in [0.4, 0.5) is 22.1 Å². The Labute approximate surface area is 188 Å². The molecule has 1 atom stereocenters. The van der Waals surface area contributed by atoms with E-state index >= 15 is 0 Å². The normalized spacial score (nSPS) is 14.2. The molecule has 170 valence electrons. The fourth-order valence-corrected chi connectivity index (χ4v) is 3.30. The van der Waals surface area contributed by atoms with Crippen LogP contribution in [-0.4, -0.2) is 45.5 Å². The van der Waals surface area contributed by atoms with Crippen molar-refractivity contribution in [3.63, 3.8) is 0 Å². The predicted octanol–water partition coefficient (Wildman–Crippen LogP) is 3.49. The van der Waals surface area contributed by atoms with Gasteiger partial charge in [0.25, 0.3) is 0 Å². The van der Waals surface area contributed by atoms with E-state index in [2.05, 4.69) is 32.3 Å². The number of alkyl carbamates (subject to hydrolysis) is 1. The molecular weight excluding hydrogens is 406 g/mol. The molecule has 3 rings (SSSR count). The Balaban J connectivity index is 1.63. The Morgan fingerprint density at radius 3 is 2.44 bits per heavy atom. The molecule has 2 aromatic rings. The van der Waals surface area contributed by atoms with Gasteiger partial charge < -0.3 is 21.1 Å². The van der Waals surface area contributed by atoms with Crippen molar-refractivity contribution in [3.05, 3.63) is 48.0 Å². The fraction of sp³-hybridized carbons (Fsp3) is 0.417. The predicted molar refractivity (Wildman–Crippen MR) is 125 cm³/mol. The number of hydrogen-bond acceptors (Lipinski definition) is 5. The molecule has 8 nitrogen and oxygen atoms in total. The van der Waals surface area contributed by atoms with E-state index in [9.17, 15) is 9.59 Å². The highest BCUT2D eigenvalue weighted by Gasteiger charge is 2.35. The largest absolute Gasteiger partial charge is 0.444 e. The van der Waals surface area contributed by atoms with Crippen molar-refractivity contribution in [3.8, 4) is 0 Å². The van der Waals surface area contributed by atoms with E-state index in [1.54, 1.807) is 26.8 Å². The molecule has 8 heteroatoms. The van der Waals surface area contributed by atoms with Crippen molar-refractivity contribution >= 4 is 35.0 Å². The first kappa shape index (κ1) is 23.2. The van der Waals surface area contributed by atoms with Crippen LogP contribution in [-0.2, 0) is 16.0 Å². The number of rotatable bonds is 7. The number of pyridine rings is 1. The topological polar surface area (TPSA) is 109 Å². The zero-order chi connectivity index (χ0) is 23.5. The number of para-hydroxylation sites is 1. The summed E-state index contributed by atoms with van der Waals surface area (Å²) in [6, 6.07) is 13.0. The summed E-state index contributed by atoms with van der Waals surface area (Å²) in [7, 11) is 0. The molecule has 4 N–H and O–H groups in total. The third-order valence-electron chi connectivity index (χ3n) is 4.97. The van der Waals surface area contributed by atoms with Gasteiger partial charge in [0.05, 0.1) is 6.42 Å². The van der Waals surface area contributed by atoms with Gasteiger partial charge in [-0.05, 0) is 32.8 Å². The molecular formula is C24H32N5O3+. The Morgan fingerprint density at radius 1 is 1.16 bits per heavy atom. The van der Waals surface area contributed by atoms with Gasteiger partial charge in [-0.1, -0.05) is 38.1 Å². The molecule has 2 amide bonds. The highest BCUT2D eigenvalue weighted by molar-refractivity contribution is 5.96. The summed E-state index contributed by atoms with van der Waals surface area (Å²) in [6.45, 7) is 9.89. The molecule has 1 aliphatic rings. The summed E-state index contributed by atoms with van der Waals surface area (Å²) in [5, 5.41) is 5.38. The van der Waals surface area contributed by atoms with Crippen LogP contribution in [0.1, 0.15) is 40.2 Å². The van der Waals surface area contributed by atoms with Crippen LogP contribution in [0.25, 0.3) is 0 Å². The molecule has 1 unspecified atom stereocenters. The third-order valence-corrected chi connectivity index (χ3v) is 4.97. The molecule has 0 bridgehead atoms. The number of carbonyl (C=O) groups excluding carboxylic acids is 2. The zero-order valence-corrected chi connectivity index (χ0v) is 19.3. The van der Waals surface area contributed by atoms with Crippen molar-refractivity contribution < 1.29 is 18.9 Å². The van der Waals surface area contributed by atoms with Crippen LogP contribution in [0.15, 0.2) is 42.5 Å². The number of nitrogens with zero attached hydrogens (tertiary/aromatic N) is 2. The first-order chi connectivity index (χ1) is 15.0. The second-order valence-electron chi connectivity index (χ2n) is 9.26. The number of ether oxygens (including phenoxy) is 1. The number of carbonyl (C=O) groups is 2. The molecule has 0 spiro atoms. The fourth-order valence-electron chi connectivity index (χ4n) is 3.30. The van der Waals surface area contributed by atoms with Crippen LogP contribution in [0.5, 0.6) is 0 Å². The Bertz CT molecular complexity index is 1030. The molecule has 1 aromatic carbocycles. The van der Waals surface area contributed by atoms with Gasteiger partial charge in [-0.2, -0.15) is 4.58 Å². The van der Waals surface area contributed by atoms with Gasteiger partial charge in [-0.3, -0.25) is 4.79 Å². The van der Waals surface area contributed by atoms with E-state index in [-0.39, 0.29) is 11.8 Å². The van der Waals surface area contributed by atoms with Gasteiger partial charge in [-0.25, -0.2) is 9.78 Å². The maximum atomic E-state index is 12.8. The Morgan fingerprint density at radius 2 is 1.84 bits per heavy atom. The first-order valence-electron chi connectivity index (χ1n) is 10.8. The lowest BCUT2D eigenvalue weighted by Crippen LogP contribution is -2.48. The van der Waals surface area contributed by atoms with Crippen molar-refractivity contribution in [2.75, 3.05) is 17.6 Å². The quantitative estimate of drug-likeness (QED) is 0.573. The minimum Gasteiger partial charge on any atom is -0.444 e. The molecule has 32 heavy (non-hydrogen) atoms. The molecule has 0 aliphatic carbocycles. The summed E-state index contributed by atoms with van der Waals surface area (Å²) in [5.74, 6) is 0.191. The Hall–Kier alpha value is -3.42. The smallest absolute Gasteiger partial charge is 0.408 e. The summed E-state index contributed by atoms with van der Waals surface area (Å²) < 4.78 is 7.49. The van der Waals surface area contributed by atoms with Crippen LogP contribution in [0.2, 0.25) is 0 Å². The summed E-state index contributed by atoms with van der Waals surface area (Å²) in [5.41, 5.74) is 8.85. The van der Waals surface area contributed by atoms with E-state index in [0.717, 1.165) is 17.8 Å². The SMILES string of the molecule is CC(C)C(NC(=O)OC(C)(C)C)C(=O)Nc1ccc(CC2=[N+](c3ccccc3)C2)c(N)n1. The highest BCUT2D eigenvalue weighted by atomic mass is 16.6. The number of nitrogens with one attached hydrogen (secondary N) is 2. The van der Waals surface area contributed by atoms with Crippen molar-refractivity contribution in [1.82, 2.24) is 10.3 Å². The second kappa shape index (κ2) is 9.38. The average molecular weight is 439 g/mol. The molecule has 0 fully saturated rings. The molecule has 1 aromatic heterocycles. The van der Waals surface area contributed by atoms with Crippen molar-refractivity contribution in [1.29, 1.82) is 0 Å². The second-order valence-corrected chi connectivity index (χ2v) is 9.26. The van der Waals surface area contributed by atoms with E-state index in [1.807, 2.05) is 38.1 Å². The number of nitrogen functional groups attached to an aromatic ring is 1. The number of hydrogen-bond donors (Lipinski definition) is 3. The number of amides is 2. The molecule has 0 saturated heterocycles. The lowest BCUT2D eigenvalue weighted by atomic mass is 10.0. The van der Waals surface area contributed by atoms with Crippen LogP contribution in [0.3, 0.4) is 0 Å². The van der Waals surface area contributed by atoms with Crippen LogP contribution in [0, 0.1) is 5.92 Å². The van der Waals surface area contributed by atoms with Gasteiger partial charge >= 0.3 is 6.09 Å². The lowest BCUT2D eigenvalue weighted by Gasteiger charge is -2.25. The van der Waals surface area contributed by atoms with Gasteiger partial charge in [0.15, 0.2) is 0 Å². The standard InChI is InChI=1S/C24H31N5O3/c1-15(2)20(28-23(31)32-24(3,4)5)22(30)27-19-12-11-16(21(25)26-19)13-18-14-29(18)17-9-7-6-8-10-17/h6-12,15,20H,13-14H2,1-5H3,(H3-,25,26,27,28,30,31)/p+1. The molecule has 2 heterocycles. The number of benzene rings is 1. The number of nitrogens with two attached hydrogens (primary N) is 1.